The van der Waals surface area contributed by atoms with Gasteiger partial charge in [-0.1, -0.05) is 19.0 Å². The van der Waals surface area contributed by atoms with Crippen LogP contribution in [-0.2, 0) is 5.41 Å². The second-order valence-electron chi connectivity index (χ2n) is 5.26. The van der Waals surface area contributed by atoms with Gasteiger partial charge >= 0.3 is 0 Å². The van der Waals surface area contributed by atoms with Crippen molar-refractivity contribution >= 4 is 0 Å². The molecule has 0 amide bonds. The number of nitrogens with zero attached hydrogens (tertiary/aromatic N) is 2. The Hall–Kier alpha value is -0.900. The van der Waals surface area contributed by atoms with Crippen LogP contribution in [0.2, 0.25) is 0 Å². The first-order chi connectivity index (χ1) is 7.19. The van der Waals surface area contributed by atoms with E-state index in [1.165, 1.54) is 12.8 Å². The molecular weight excluding hydrogens is 190 g/mol. The van der Waals surface area contributed by atoms with Crippen molar-refractivity contribution in [3.05, 3.63) is 11.7 Å². The van der Waals surface area contributed by atoms with Gasteiger partial charge in [0.1, 0.15) is 0 Å². The van der Waals surface area contributed by atoms with Crippen LogP contribution in [0.25, 0.3) is 0 Å². The van der Waals surface area contributed by atoms with Gasteiger partial charge in [-0.2, -0.15) is 4.98 Å². The summed E-state index contributed by atoms with van der Waals surface area (Å²) in [6.45, 7) is 6.46. The second-order valence-corrected chi connectivity index (χ2v) is 5.26. The van der Waals surface area contributed by atoms with Crippen molar-refractivity contribution in [2.75, 3.05) is 13.1 Å². The van der Waals surface area contributed by atoms with Gasteiger partial charge in [0.25, 0.3) is 0 Å². The largest absolute Gasteiger partial charge is 0.339 e. The fourth-order valence-electron chi connectivity index (χ4n) is 2.18. The lowest BCUT2D eigenvalue weighted by molar-refractivity contribution is 0.334. The van der Waals surface area contributed by atoms with Gasteiger partial charge in [0, 0.05) is 12.0 Å². The monoisotopic (exact) mass is 207 g/mol. The number of aromatic nitrogens is 2. The third kappa shape index (κ3) is 1.47. The number of rotatable bonds is 2. The first-order valence-corrected chi connectivity index (χ1v) is 5.74. The van der Waals surface area contributed by atoms with Crippen LogP contribution in [0.1, 0.15) is 44.3 Å². The Kier molecular flexibility index (Phi) is 1.89. The maximum absolute atomic E-state index is 5.38. The fraction of sp³-hybridized carbons (Fsp3) is 0.818. The molecule has 4 heteroatoms. The zero-order valence-corrected chi connectivity index (χ0v) is 9.29. The molecule has 0 bridgehead atoms. The van der Waals surface area contributed by atoms with Crippen LogP contribution in [0.15, 0.2) is 4.52 Å². The summed E-state index contributed by atoms with van der Waals surface area (Å²) >= 11 is 0. The van der Waals surface area contributed by atoms with E-state index in [0.29, 0.717) is 11.8 Å². The molecule has 2 heterocycles. The summed E-state index contributed by atoms with van der Waals surface area (Å²) in [5.41, 5.74) is 0.219. The van der Waals surface area contributed by atoms with E-state index in [2.05, 4.69) is 29.3 Å². The highest BCUT2D eigenvalue weighted by Gasteiger charge is 2.44. The Morgan fingerprint density at radius 3 is 2.80 bits per heavy atom. The minimum atomic E-state index is 0.219. The van der Waals surface area contributed by atoms with E-state index in [9.17, 15) is 0 Å². The minimum absolute atomic E-state index is 0.219. The molecule has 1 aliphatic heterocycles. The highest BCUT2D eigenvalue weighted by atomic mass is 16.5. The molecule has 1 saturated heterocycles. The summed E-state index contributed by atoms with van der Waals surface area (Å²) in [7, 11) is 0. The molecule has 1 aromatic rings. The summed E-state index contributed by atoms with van der Waals surface area (Å²) < 4.78 is 5.38. The van der Waals surface area contributed by atoms with Crippen LogP contribution in [0.3, 0.4) is 0 Å². The molecule has 15 heavy (non-hydrogen) atoms. The van der Waals surface area contributed by atoms with E-state index in [0.717, 1.165) is 24.8 Å². The SMILES string of the molecule is CC1CNCC1c1nc(C2(C)CC2)no1. The lowest BCUT2D eigenvalue weighted by Gasteiger charge is -2.07. The van der Waals surface area contributed by atoms with Crippen LogP contribution in [0.5, 0.6) is 0 Å². The van der Waals surface area contributed by atoms with Crippen molar-refractivity contribution in [2.45, 2.75) is 38.0 Å². The average molecular weight is 207 g/mol. The average Bonchev–Trinajstić information content (AvgIpc) is 2.70. The summed E-state index contributed by atoms with van der Waals surface area (Å²) in [5, 5.41) is 7.47. The quantitative estimate of drug-likeness (QED) is 0.797. The van der Waals surface area contributed by atoms with Crippen molar-refractivity contribution in [1.82, 2.24) is 15.5 Å². The first kappa shape index (κ1) is 9.33. The minimum Gasteiger partial charge on any atom is -0.339 e. The molecule has 1 N–H and O–H groups in total. The van der Waals surface area contributed by atoms with Gasteiger partial charge in [-0.15, -0.1) is 0 Å². The standard InChI is InChI=1S/C11H17N3O/c1-7-5-12-6-8(7)9-13-10(14-15-9)11(2)3-4-11/h7-8,12H,3-6H2,1-2H3. The van der Waals surface area contributed by atoms with Gasteiger partial charge in [0.15, 0.2) is 5.82 Å². The molecule has 0 aromatic carbocycles. The highest BCUT2D eigenvalue weighted by molar-refractivity contribution is 5.15. The molecule has 1 aliphatic carbocycles. The summed E-state index contributed by atoms with van der Waals surface area (Å²) in [6.07, 6.45) is 2.40. The highest BCUT2D eigenvalue weighted by Crippen LogP contribution is 2.46. The van der Waals surface area contributed by atoms with Gasteiger partial charge < -0.3 is 9.84 Å². The molecule has 4 nitrogen and oxygen atoms in total. The molecular formula is C11H17N3O. The van der Waals surface area contributed by atoms with Crippen LogP contribution in [0.4, 0.5) is 0 Å². The van der Waals surface area contributed by atoms with Gasteiger partial charge in [-0.3, -0.25) is 0 Å². The zero-order valence-electron chi connectivity index (χ0n) is 9.29. The van der Waals surface area contributed by atoms with E-state index < -0.39 is 0 Å². The molecule has 82 valence electrons. The molecule has 2 fully saturated rings. The third-order valence-corrected chi connectivity index (χ3v) is 3.82. The zero-order chi connectivity index (χ0) is 10.5. The Balaban J connectivity index is 1.84. The van der Waals surface area contributed by atoms with Gasteiger partial charge in [-0.25, -0.2) is 0 Å². The van der Waals surface area contributed by atoms with Gasteiger partial charge in [0.2, 0.25) is 5.89 Å². The summed E-state index contributed by atoms with van der Waals surface area (Å²) in [4.78, 5) is 4.56. The van der Waals surface area contributed by atoms with E-state index in [-0.39, 0.29) is 5.41 Å². The Morgan fingerprint density at radius 2 is 2.20 bits per heavy atom. The first-order valence-electron chi connectivity index (χ1n) is 5.74. The van der Waals surface area contributed by atoms with Crippen molar-refractivity contribution in [3.8, 4) is 0 Å². The Bertz CT molecular complexity index is 370. The Morgan fingerprint density at radius 1 is 1.40 bits per heavy atom. The third-order valence-electron chi connectivity index (χ3n) is 3.82. The molecule has 2 aliphatic rings. The van der Waals surface area contributed by atoms with Crippen molar-refractivity contribution in [2.24, 2.45) is 5.92 Å². The van der Waals surface area contributed by atoms with Gasteiger partial charge in [-0.05, 0) is 25.3 Å². The topological polar surface area (TPSA) is 51.0 Å². The Labute approximate surface area is 89.4 Å². The lowest BCUT2D eigenvalue weighted by atomic mass is 9.98. The van der Waals surface area contributed by atoms with Crippen LogP contribution in [-0.4, -0.2) is 23.2 Å². The molecule has 3 rings (SSSR count). The predicted molar refractivity (Wildman–Crippen MR) is 55.7 cm³/mol. The molecule has 0 spiro atoms. The summed E-state index contributed by atoms with van der Waals surface area (Å²) in [6, 6.07) is 0. The van der Waals surface area contributed by atoms with Crippen LogP contribution < -0.4 is 5.32 Å². The molecule has 1 aromatic heterocycles. The van der Waals surface area contributed by atoms with E-state index in [4.69, 9.17) is 4.52 Å². The normalized spacial score (nSPS) is 33.2. The van der Waals surface area contributed by atoms with Crippen LogP contribution >= 0.6 is 0 Å². The van der Waals surface area contributed by atoms with E-state index in [1.54, 1.807) is 0 Å². The van der Waals surface area contributed by atoms with E-state index in [1.807, 2.05) is 0 Å². The van der Waals surface area contributed by atoms with Crippen molar-refractivity contribution in [3.63, 3.8) is 0 Å². The summed E-state index contributed by atoms with van der Waals surface area (Å²) in [5.74, 6) is 2.76. The molecule has 2 atom stereocenters. The lowest BCUT2D eigenvalue weighted by Crippen LogP contribution is -2.09. The smallest absolute Gasteiger partial charge is 0.231 e. The molecule has 1 saturated carbocycles. The van der Waals surface area contributed by atoms with Gasteiger partial charge in [0.05, 0.1) is 5.92 Å². The van der Waals surface area contributed by atoms with E-state index >= 15 is 0 Å². The fourth-order valence-corrected chi connectivity index (χ4v) is 2.18. The number of hydrogen-bond acceptors (Lipinski definition) is 4. The number of hydrogen-bond donors (Lipinski definition) is 1. The van der Waals surface area contributed by atoms with Crippen molar-refractivity contribution < 1.29 is 4.52 Å². The molecule has 0 radical (unpaired) electrons. The molecule has 2 unspecified atom stereocenters. The maximum Gasteiger partial charge on any atom is 0.231 e. The maximum atomic E-state index is 5.38. The van der Waals surface area contributed by atoms with Crippen LogP contribution in [0, 0.1) is 5.92 Å². The second kappa shape index (κ2) is 3.04. The number of nitrogens with one attached hydrogen (secondary N) is 1. The van der Waals surface area contributed by atoms with Crippen molar-refractivity contribution in [1.29, 1.82) is 0 Å². The predicted octanol–water partition coefficient (Wildman–Crippen LogP) is 1.44.